The van der Waals surface area contributed by atoms with Crippen molar-refractivity contribution in [1.82, 2.24) is 0 Å². The molecule has 0 radical (unpaired) electrons. The van der Waals surface area contributed by atoms with Crippen molar-refractivity contribution in [3.05, 3.63) is 0 Å². The Kier molecular flexibility index (Phi) is 21.8. The summed E-state index contributed by atoms with van der Waals surface area (Å²) >= 11 is 0. The van der Waals surface area contributed by atoms with Gasteiger partial charge in [0.2, 0.25) is 0 Å². The zero-order chi connectivity index (χ0) is 20.1. The molecule has 0 fully saturated rings. The third-order valence-electron chi connectivity index (χ3n) is 4.21. The van der Waals surface area contributed by atoms with E-state index in [0.29, 0.717) is 26.4 Å². The van der Waals surface area contributed by atoms with Crippen molar-refractivity contribution in [1.29, 1.82) is 0 Å². The third kappa shape index (κ3) is 18.1. The first kappa shape index (κ1) is 27.5. The van der Waals surface area contributed by atoms with Gasteiger partial charge in [0.1, 0.15) is 6.54 Å². The molecule has 0 unspecified atom stereocenters. The molecule has 0 spiro atoms. The number of hydrogen-bond acceptors (Lipinski definition) is 6. The molecule has 0 aromatic rings. The van der Waals surface area contributed by atoms with Crippen molar-refractivity contribution in [3.8, 4) is 0 Å². The molecule has 0 saturated carbocycles. The number of rotatable bonds is 17. The van der Waals surface area contributed by atoms with Crippen molar-refractivity contribution in [2.45, 2.75) is 40.5 Å². The number of hydrogen-bond donors (Lipinski definition) is 0. The van der Waals surface area contributed by atoms with E-state index in [2.05, 4.69) is 27.7 Å². The van der Waals surface area contributed by atoms with Crippen LogP contribution in [0.1, 0.15) is 40.5 Å². The molecule has 0 rings (SSSR count). The first-order valence-electron chi connectivity index (χ1n) is 9.78. The Hall–Kier alpha value is -0.730. The summed E-state index contributed by atoms with van der Waals surface area (Å²) in [6.45, 7) is 17.7. The van der Waals surface area contributed by atoms with Gasteiger partial charge in [-0.2, -0.15) is 0 Å². The third-order valence-corrected chi connectivity index (χ3v) is 4.21. The van der Waals surface area contributed by atoms with Crippen LogP contribution in [-0.2, 0) is 23.7 Å². The lowest BCUT2D eigenvalue weighted by Crippen LogP contribution is -2.50. The van der Waals surface area contributed by atoms with Gasteiger partial charge >= 0.3 is 0 Å². The Morgan fingerprint density at radius 2 is 1.38 bits per heavy atom. The van der Waals surface area contributed by atoms with Crippen molar-refractivity contribution in [2.75, 3.05) is 79.5 Å². The van der Waals surface area contributed by atoms with Crippen LogP contribution in [0, 0.1) is 0 Å². The van der Waals surface area contributed by atoms with Gasteiger partial charge in [0, 0.05) is 26.1 Å². The zero-order valence-electron chi connectivity index (χ0n) is 17.6. The minimum Gasteiger partial charge on any atom is -0.550 e. The number of carboxylic acid groups (broad SMARTS) is 1. The van der Waals surface area contributed by atoms with Gasteiger partial charge < -0.3 is 33.3 Å². The number of quaternary nitrogens is 1. The second-order valence-corrected chi connectivity index (χ2v) is 5.96. The molecular formula is C19H41NO6. The first-order chi connectivity index (χ1) is 12.5. The Bertz CT molecular complexity index is 298. The number of aliphatic carboxylic acids is 1. The molecule has 0 atom stereocenters. The summed E-state index contributed by atoms with van der Waals surface area (Å²) in [5, 5.41) is 9.93. The van der Waals surface area contributed by atoms with Gasteiger partial charge in [-0.3, -0.25) is 0 Å². The van der Waals surface area contributed by atoms with Crippen LogP contribution in [0.2, 0.25) is 0 Å². The van der Waals surface area contributed by atoms with Crippen LogP contribution in [0.4, 0.5) is 0 Å². The van der Waals surface area contributed by atoms with E-state index in [-0.39, 0.29) is 13.0 Å². The predicted molar refractivity (Wildman–Crippen MR) is 101 cm³/mol. The van der Waals surface area contributed by atoms with Crippen LogP contribution in [0.25, 0.3) is 0 Å². The maximum atomic E-state index is 9.93. The number of carbonyl (C=O) groups is 1. The van der Waals surface area contributed by atoms with Gasteiger partial charge in [-0.1, -0.05) is 6.92 Å². The molecule has 7 nitrogen and oxygen atoms in total. The standard InChI is InChI=1S/C11H26NO.C8H16O5/c1-5-9-12(6-2,7-3)10-11-13-8-4;1-11-4-5-13-7-6-12-3-2-8(9)10/h5-11H2,1-4H3;2-7H2,1H3,(H,9,10)/q+1;/p-1. The molecule has 0 saturated heterocycles. The zero-order valence-corrected chi connectivity index (χ0v) is 17.6. The number of ether oxygens (including phenoxy) is 4. The molecule has 0 aliphatic carbocycles. The van der Waals surface area contributed by atoms with Crippen LogP contribution >= 0.6 is 0 Å². The highest BCUT2D eigenvalue weighted by Crippen LogP contribution is 2.07. The van der Waals surface area contributed by atoms with Crippen LogP contribution < -0.4 is 5.11 Å². The lowest BCUT2D eigenvalue weighted by Gasteiger charge is -2.36. The van der Waals surface area contributed by atoms with Crippen molar-refractivity contribution in [3.63, 3.8) is 0 Å². The Morgan fingerprint density at radius 1 is 0.808 bits per heavy atom. The Balaban J connectivity index is 0. The summed E-state index contributed by atoms with van der Waals surface area (Å²) < 4.78 is 21.4. The number of carbonyl (C=O) groups excluding carboxylic acids is 1. The fraction of sp³-hybridized carbons (Fsp3) is 0.947. The maximum Gasteiger partial charge on any atom is 0.102 e. The highest BCUT2D eigenvalue weighted by Gasteiger charge is 2.20. The highest BCUT2D eigenvalue weighted by molar-refractivity contribution is 5.64. The van der Waals surface area contributed by atoms with Crippen LogP contribution in [0.3, 0.4) is 0 Å². The van der Waals surface area contributed by atoms with Crippen LogP contribution in [0.15, 0.2) is 0 Å². The van der Waals surface area contributed by atoms with Gasteiger partial charge in [0.25, 0.3) is 0 Å². The first-order valence-corrected chi connectivity index (χ1v) is 9.78. The number of nitrogens with zero attached hydrogens (tertiary/aromatic N) is 1. The van der Waals surface area contributed by atoms with E-state index in [4.69, 9.17) is 18.9 Å². The van der Waals surface area contributed by atoms with E-state index >= 15 is 0 Å². The lowest BCUT2D eigenvalue weighted by atomic mass is 10.3. The SMILES string of the molecule is CCC[N+](CC)(CC)CCOCC.COCCOCCOCCC(=O)[O-]. The average molecular weight is 380 g/mol. The van der Waals surface area contributed by atoms with Crippen molar-refractivity contribution < 1.29 is 33.3 Å². The van der Waals surface area contributed by atoms with Gasteiger partial charge in [0.05, 0.1) is 59.3 Å². The molecule has 0 heterocycles. The molecule has 0 amide bonds. The minimum absolute atomic E-state index is 0.0714. The van der Waals surface area contributed by atoms with Crippen LogP contribution in [0.5, 0.6) is 0 Å². The maximum absolute atomic E-state index is 9.93. The molecular weight excluding hydrogens is 338 g/mol. The quantitative estimate of drug-likeness (QED) is 0.278. The summed E-state index contributed by atoms with van der Waals surface area (Å²) in [5.41, 5.74) is 0. The van der Waals surface area contributed by atoms with E-state index in [1.165, 1.54) is 37.1 Å². The van der Waals surface area contributed by atoms with Crippen LogP contribution in [-0.4, -0.2) is 90.0 Å². The fourth-order valence-corrected chi connectivity index (χ4v) is 2.46. The summed E-state index contributed by atoms with van der Waals surface area (Å²) in [7, 11) is 1.60. The summed E-state index contributed by atoms with van der Waals surface area (Å²) in [6, 6.07) is 0. The second kappa shape index (κ2) is 20.6. The van der Waals surface area contributed by atoms with Crippen molar-refractivity contribution >= 4 is 5.97 Å². The summed E-state index contributed by atoms with van der Waals surface area (Å²) in [5.74, 6) is -1.10. The summed E-state index contributed by atoms with van der Waals surface area (Å²) in [4.78, 5) is 9.93. The van der Waals surface area contributed by atoms with Gasteiger partial charge in [-0.15, -0.1) is 0 Å². The fourth-order valence-electron chi connectivity index (χ4n) is 2.46. The summed E-state index contributed by atoms with van der Waals surface area (Å²) in [6.07, 6.45) is 1.20. The van der Waals surface area contributed by atoms with E-state index in [9.17, 15) is 9.90 Å². The Morgan fingerprint density at radius 3 is 1.85 bits per heavy atom. The molecule has 0 bridgehead atoms. The molecule has 7 heteroatoms. The smallest absolute Gasteiger partial charge is 0.102 e. The van der Waals surface area contributed by atoms with E-state index in [1.54, 1.807) is 7.11 Å². The predicted octanol–water partition coefficient (Wildman–Crippen LogP) is 1.10. The topological polar surface area (TPSA) is 77.0 Å². The lowest BCUT2D eigenvalue weighted by molar-refractivity contribution is -0.925. The Labute approximate surface area is 160 Å². The average Bonchev–Trinajstić information content (AvgIpc) is 2.63. The monoisotopic (exact) mass is 379 g/mol. The van der Waals surface area contributed by atoms with E-state index in [0.717, 1.165) is 13.2 Å². The number of carboxylic acids is 1. The minimum atomic E-state index is -1.10. The second-order valence-electron chi connectivity index (χ2n) is 5.96. The van der Waals surface area contributed by atoms with Gasteiger partial charge in [0.15, 0.2) is 0 Å². The molecule has 0 N–H and O–H groups in total. The van der Waals surface area contributed by atoms with E-state index in [1.807, 2.05) is 0 Å². The molecule has 158 valence electrons. The van der Waals surface area contributed by atoms with Crippen molar-refractivity contribution in [2.24, 2.45) is 0 Å². The largest absolute Gasteiger partial charge is 0.550 e. The molecule has 0 aromatic heterocycles. The number of methoxy groups -OCH3 is 1. The molecule has 0 aliphatic rings. The highest BCUT2D eigenvalue weighted by atomic mass is 16.5. The number of likely N-dealkylation sites (N-methyl/N-ethyl adjacent to an activating group) is 1. The van der Waals surface area contributed by atoms with E-state index < -0.39 is 5.97 Å². The van der Waals surface area contributed by atoms with Gasteiger partial charge in [-0.05, 0) is 27.2 Å². The normalized spacial score (nSPS) is 11.1. The van der Waals surface area contributed by atoms with Gasteiger partial charge in [-0.25, -0.2) is 0 Å². The molecule has 0 aromatic carbocycles. The molecule has 26 heavy (non-hydrogen) atoms. The molecule has 0 aliphatic heterocycles.